The van der Waals surface area contributed by atoms with E-state index in [4.69, 9.17) is 0 Å². The number of hydrogen-bond acceptors (Lipinski definition) is 6. The van der Waals surface area contributed by atoms with Crippen LogP contribution in [-0.2, 0) is 10.9 Å². The molecule has 0 spiro atoms. The molecule has 33 heavy (non-hydrogen) atoms. The number of aryl methyl sites for hydroxylation is 1. The summed E-state index contributed by atoms with van der Waals surface area (Å²) in [6.07, 6.45) is -3.92. The maximum absolute atomic E-state index is 12.8. The van der Waals surface area contributed by atoms with Crippen LogP contribution in [0.15, 0.2) is 52.5 Å². The van der Waals surface area contributed by atoms with Crippen molar-refractivity contribution in [2.45, 2.75) is 20.0 Å². The van der Waals surface area contributed by atoms with Crippen LogP contribution in [0, 0.1) is 6.92 Å². The lowest BCUT2D eigenvalue weighted by Crippen LogP contribution is -2.24. The molecule has 1 aromatic carbocycles. The first kappa shape index (κ1) is 23.4. The van der Waals surface area contributed by atoms with Gasteiger partial charge in [0.2, 0.25) is 0 Å². The molecule has 0 bridgehead atoms. The van der Waals surface area contributed by atoms with Crippen LogP contribution in [0.3, 0.4) is 0 Å². The SMILES string of the molecule is COC(=O)c1ccc(C(=O)NN=C(C)c2c(C)[nH]n(-c3ccc(C(F)(F)F)cn3)c2=O)cc1. The number of methoxy groups -OCH3 is 1. The minimum atomic E-state index is -4.55. The zero-order valence-electron chi connectivity index (χ0n) is 17.6. The second-order valence-electron chi connectivity index (χ2n) is 6.86. The number of esters is 1. The summed E-state index contributed by atoms with van der Waals surface area (Å²) in [6, 6.07) is 7.55. The molecule has 0 saturated heterocycles. The van der Waals surface area contributed by atoms with Crippen molar-refractivity contribution in [1.29, 1.82) is 0 Å². The van der Waals surface area contributed by atoms with E-state index in [9.17, 15) is 27.6 Å². The lowest BCUT2D eigenvalue weighted by Gasteiger charge is -2.06. The van der Waals surface area contributed by atoms with Gasteiger partial charge in [0.15, 0.2) is 5.82 Å². The van der Waals surface area contributed by atoms with Crippen LogP contribution >= 0.6 is 0 Å². The Bertz CT molecular complexity index is 1270. The van der Waals surface area contributed by atoms with Gasteiger partial charge in [-0.3, -0.25) is 14.7 Å². The maximum atomic E-state index is 12.8. The molecule has 0 aliphatic heterocycles. The van der Waals surface area contributed by atoms with Gasteiger partial charge < -0.3 is 4.74 Å². The number of H-pyrrole nitrogens is 1. The largest absolute Gasteiger partial charge is 0.465 e. The van der Waals surface area contributed by atoms with E-state index in [2.05, 4.69) is 25.3 Å². The van der Waals surface area contributed by atoms with Crippen molar-refractivity contribution < 1.29 is 27.5 Å². The Morgan fingerprint density at radius 1 is 1.12 bits per heavy atom. The Kier molecular flexibility index (Phi) is 6.47. The molecule has 0 aliphatic carbocycles. The number of carbonyl (C=O) groups excluding carboxylic acids is 2. The fraction of sp³-hybridized carbons (Fsp3) is 0.190. The summed E-state index contributed by atoms with van der Waals surface area (Å²) in [6.45, 7) is 3.06. The summed E-state index contributed by atoms with van der Waals surface area (Å²) < 4.78 is 43.8. The third kappa shape index (κ3) is 5.00. The van der Waals surface area contributed by atoms with E-state index in [0.717, 1.165) is 16.8 Å². The van der Waals surface area contributed by atoms with Crippen LogP contribution in [0.5, 0.6) is 0 Å². The topological polar surface area (TPSA) is 118 Å². The van der Waals surface area contributed by atoms with Crippen LogP contribution in [0.2, 0.25) is 0 Å². The van der Waals surface area contributed by atoms with Crippen LogP contribution in [0.4, 0.5) is 13.2 Å². The number of carbonyl (C=O) groups is 2. The van der Waals surface area contributed by atoms with Crippen molar-refractivity contribution in [3.8, 4) is 5.82 Å². The van der Waals surface area contributed by atoms with Gasteiger partial charge in [0.25, 0.3) is 11.5 Å². The highest BCUT2D eigenvalue weighted by Crippen LogP contribution is 2.28. The number of aromatic nitrogens is 3. The van der Waals surface area contributed by atoms with Gasteiger partial charge in [-0.05, 0) is 50.2 Å². The zero-order chi connectivity index (χ0) is 24.3. The molecule has 2 N–H and O–H groups in total. The summed E-state index contributed by atoms with van der Waals surface area (Å²) in [5, 5.41) is 6.68. The van der Waals surface area contributed by atoms with Gasteiger partial charge in [-0.2, -0.15) is 18.3 Å². The van der Waals surface area contributed by atoms with Gasteiger partial charge in [0, 0.05) is 17.5 Å². The molecule has 2 heterocycles. The molecule has 0 saturated carbocycles. The Labute approximate surface area is 184 Å². The first-order valence-corrected chi connectivity index (χ1v) is 9.41. The molecule has 0 atom stereocenters. The van der Waals surface area contributed by atoms with E-state index in [1.165, 1.54) is 38.3 Å². The average Bonchev–Trinajstić information content (AvgIpc) is 3.10. The van der Waals surface area contributed by atoms with Crippen LogP contribution in [-0.4, -0.2) is 39.5 Å². The van der Waals surface area contributed by atoms with E-state index in [0.29, 0.717) is 11.9 Å². The number of alkyl halides is 3. The van der Waals surface area contributed by atoms with Crippen molar-refractivity contribution in [2.24, 2.45) is 5.10 Å². The molecular formula is C21H18F3N5O4. The summed E-state index contributed by atoms with van der Waals surface area (Å²) in [4.78, 5) is 40.3. The molecule has 9 nitrogen and oxygen atoms in total. The molecule has 0 unspecified atom stereocenters. The summed E-state index contributed by atoms with van der Waals surface area (Å²) >= 11 is 0. The van der Waals surface area contributed by atoms with Crippen molar-refractivity contribution in [3.63, 3.8) is 0 Å². The minimum absolute atomic E-state index is 0.0371. The molecule has 1 amide bonds. The van der Waals surface area contributed by atoms with E-state index in [-0.39, 0.29) is 28.2 Å². The molecule has 0 radical (unpaired) electrons. The number of hydrazone groups is 1. The van der Waals surface area contributed by atoms with Crippen molar-refractivity contribution in [1.82, 2.24) is 20.2 Å². The number of halogens is 3. The van der Waals surface area contributed by atoms with Gasteiger partial charge in [0.1, 0.15) is 0 Å². The Morgan fingerprint density at radius 3 is 2.30 bits per heavy atom. The second-order valence-corrected chi connectivity index (χ2v) is 6.86. The van der Waals surface area contributed by atoms with Gasteiger partial charge in [-0.25, -0.2) is 19.9 Å². The van der Waals surface area contributed by atoms with E-state index in [1.54, 1.807) is 6.92 Å². The monoisotopic (exact) mass is 461 g/mol. The molecule has 2 aromatic heterocycles. The number of hydrogen-bond donors (Lipinski definition) is 2. The van der Waals surface area contributed by atoms with Gasteiger partial charge >= 0.3 is 12.1 Å². The predicted molar refractivity (Wildman–Crippen MR) is 111 cm³/mol. The highest BCUT2D eigenvalue weighted by Gasteiger charge is 2.31. The number of nitrogens with zero attached hydrogens (tertiary/aromatic N) is 3. The lowest BCUT2D eigenvalue weighted by atomic mass is 10.1. The molecule has 3 rings (SSSR count). The van der Waals surface area contributed by atoms with Crippen LogP contribution in [0.25, 0.3) is 5.82 Å². The Morgan fingerprint density at radius 2 is 1.76 bits per heavy atom. The molecule has 3 aromatic rings. The number of aromatic amines is 1. The summed E-state index contributed by atoms with van der Waals surface area (Å²) in [5.74, 6) is -1.16. The molecular weight excluding hydrogens is 443 g/mol. The fourth-order valence-electron chi connectivity index (χ4n) is 2.95. The number of pyridine rings is 1. The lowest BCUT2D eigenvalue weighted by molar-refractivity contribution is -0.137. The predicted octanol–water partition coefficient (Wildman–Crippen LogP) is 2.83. The number of nitrogens with one attached hydrogen (secondary N) is 2. The van der Waals surface area contributed by atoms with Crippen molar-refractivity contribution >= 4 is 17.6 Å². The van der Waals surface area contributed by atoms with E-state index < -0.39 is 29.2 Å². The van der Waals surface area contributed by atoms with Gasteiger partial charge in [-0.1, -0.05) is 0 Å². The molecule has 0 aliphatic rings. The highest BCUT2D eigenvalue weighted by atomic mass is 19.4. The maximum Gasteiger partial charge on any atom is 0.417 e. The fourth-order valence-corrected chi connectivity index (χ4v) is 2.95. The molecule has 12 heteroatoms. The van der Waals surface area contributed by atoms with Crippen LogP contribution < -0.4 is 11.0 Å². The smallest absolute Gasteiger partial charge is 0.417 e. The third-order valence-electron chi connectivity index (χ3n) is 4.63. The highest BCUT2D eigenvalue weighted by molar-refractivity contribution is 6.01. The van der Waals surface area contributed by atoms with E-state index in [1.807, 2.05) is 0 Å². The standard InChI is InChI=1S/C21H18F3N5O4/c1-11(26-27-18(30)13-4-6-14(7-5-13)20(32)33-3)17-12(2)28-29(19(17)31)16-9-8-15(10-25-16)21(22,23)24/h4-10,28H,1-3H3,(H,27,30). The minimum Gasteiger partial charge on any atom is -0.465 e. The number of rotatable bonds is 5. The Hall–Kier alpha value is -4.22. The van der Waals surface area contributed by atoms with Gasteiger partial charge in [0.05, 0.1) is 29.5 Å². The summed E-state index contributed by atoms with van der Waals surface area (Å²) in [7, 11) is 1.24. The first-order valence-electron chi connectivity index (χ1n) is 9.41. The second kappa shape index (κ2) is 9.10. The number of ether oxygens (including phenoxy) is 1. The van der Waals surface area contributed by atoms with Crippen molar-refractivity contribution in [3.05, 3.63) is 80.9 Å². The van der Waals surface area contributed by atoms with Crippen molar-refractivity contribution in [2.75, 3.05) is 7.11 Å². The quantitative estimate of drug-likeness (QED) is 0.344. The average molecular weight is 461 g/mol. The summed E-state index contributed by atoms with van der Waals surface area (Å²) in [5.41, 5.74) is 1.93. The number of amides is 1. The normalized spacial score (nSPS) is 11.9. The Balaban J connectivity index is 1.81. The third-order valence-corrected chi connectivity index (χ3v) is 4.63. The first-order chi connectivity index (χ1) is 15.5. The molecule has 0 fully saturated rings. The van der Waals surface area contributed by atoms with Gasteiger partial charge in [-0.15, -0.1) is 0 Å². The number of benzene rings is 1. The van der Waals surface area contributed by atoms with E-state index >= 15 is 0 Å². The zero-order valence-corrected chi connectivity index (χ0v) is 17.6. The van der Waals surface area contributed by atoms with Crippen LogP contribution in [0.1, 0.15) is 44.5 Å². The molecule has 172 valence electrons.